The minimum atomic E-state index is -0.983. The molecule has 0 atom stereocenters. The molecule has 206 valence electrons. The van der Waals surface area contributed by atoms with Crippen LogP contribution in [0.3, 0.4) is 0 Å². The quantitative estimate of drug-likeness (QED) is 0.246. The lowest BCUT2D eigenvalue weighted by atomic mass is 9.88. The van der Waals surface area contributed by atoms with Crippen LogP contribution in [0.5, 0.6) is 5.88 Å². The first-order valence-corrected chi connectivity index (χ1v) is 13.7. The normalized spacial score (nSPS) is 13.8. The highest BCUT2D eigenvalue weighted by Crippen LogP contribution is 2.35. The standard InChI is InChI=1S/C32H28N4O5/c37-29-27-26(30(35-34-29)41-32(40)23-11-5-2-6-12-23)33-28(22-9-3-1-4-10-22)36(27)19-20-15-17-21(18-16-20)24-13-7-8-14-25(24)31(38)39/h2,5-8,11-18,22H,1,3-4,9-10,19H2,(H,34,37)(H,38,39). The summed E-state index contributed by atoms with van der Waals surface area (Å²) in [6, 6.07) is 23.1. The Balaban J connectivity index is 1.40. The molecule has 1 saturated carbocycles. The molecule has 0 aliphatic heterocycles. The summed E-state index contributed by atoms with van der Waals surface area (Å²) in [6.07, 6.45) is 5.24. The van der Waals surface area contributed by atoms with Crippen LogP contribution in [0, 0.1) is 0 Å². The SMILES string of the molecule is O=C(Oc1n[nH]c(=O)c2c1nc(C1CCCCC1)n2Cc1ccc(-c2ccccc2C(=O)O)cc1)c1ccccc1. The van der Waals surface area contributed by atoms with Crippen molar-refractivity contribution in [1.29, 1.82) is 0 Å². The number of carbonyl (C=O) groups excluding carboxylic acids is 1. The van der Waals surface area contributed by atoms with Gasteiger partial charge in [-0.15, -0.1) is 5.10 Å². The second-order valence-electron chi connectivity index (χ2n) is 10.2. The van der Waals surface area contributed by atoms with Crippen LogP contribution in [0.15, 0.2) is 83.7 Å². The van der Waals surface area contributed by atoms with Crippen molar-refractivity contribution in [3.63, 3.8) is 0 Å². The van der Waals surface area contributed by atoms with Crippen molar-refractivity contribution < 1.29 is 19.4 Å². The van der Waals surface area contributed by atoms with Crippen LogP contribution in [0.4, 0.5) is 0 Å². The number of carboxylic acid groups (broad SMARTS) is 1. The smallest absolute Gasteiger partial charge is 0.344 e. The van der Waals surface area contributed by atoms with Gasteiger partial charge in [-0.05, 0) is 47.7 Å². The van der Waals surface area contributed by atoms with Crippen molar-refractivity contribution in [2.24, 2.45) is 0 Å². The number of rotatable bonds is 7. The van der Waals surface area contributed by atoms with Crippen LogP contribution in [0.2, 0.25) is 0 Å². The second-order valence-corrected chi connectivity index (χ2v) is 10.2. The predicted octanol–water partition coefficient (Wildman–Crippen LogP) is 5.80. The molecule has 1 aliphatic rings. The van der Waals surface area contributed by atoms with E-state index in [4.69, 9.17) is 9.72 Å². The van der Waals surface area contributed by atoms with E-state index in [2.05, 4.69) is 10.2 Å². The van der Waals surface area contributed by atoms with Crippen LogP contribution in [0.1, 0.15) is 70.1 Å². The number of benzene rings is 3. The van der Waals surface area contributed by atoms with Gasteiger partial charge in [0, 0.05) is 12.5 Å². The topological polar surface area (TPSA) is 127 Å². The number of nitrogens with zero attached hydrogens (tertiary/aromatic N) is 3. The van der Waals surface area contributed by atoms with Gasteiger partial charge in [-0.25, -0.2) is 19.7 Å². The molecule has 6 rings (SSSR count). The molecule has 1 aliphatic carbocycles. The van der Waals surface area contributed by atoms with Crippen LogP contribution >= 0.6 is 0 Å². The maximum atomic E-state index is 13.2. The molecule has 0 radical (unpaired) electrons. The summed E-state index contributed by atoms with van der Waals surface area (Å²) in [7, 11) is 0. The number of imidazole rings is 1. The lowest BCUT2D eigenvalue weighted by Gasteiger charge is -2.22. The molecule has 1 fully saturated rings. The third kappa shape index (κ3) is 5.26. The second kappa shape index (κ2) is 11.2. The zero-order valence-electron chi connectivity index (χ0n) is 22.2. The summed E-state index contributed by atoms with van der Waals surface area (Å²) in [5.41, 5.74) is 3.07. The lowest BCUT2D eigenvalue weighted by Crippen LogP contribution is -2.18. The molecule has 0 amide bonds. The van der Waals surface area contributed by atoms with Crippen molar-refractivity contribution in [2.45, 2.75) is 44.6 Å². The number of nitrogens with one attached hydrogen (secondary N) is 1. The van der Waals surface area contributed by atoms with Gasteiger partial charge < -0.3 is 14.4 Å². The molecule has 0 bridgehead atoms. The number of esters is 1. The maximum Gasteiger partial charge on any atom is 0.344 e. The van der Waals surface area contributed by atoms with E-state index in [0.29, 0.717) is 23.2 Å². The fraction of sp³-hybridized carbons (Fsp3) is 0.219. The van der Waals surface area contributed by atoms with Gasteiger partial charge in [0.25, 0.3) is 11.4 Å². The highest BCUT2D eigenvalue weighted by molar-refractivity contribution is 5.96. The minimum absolute atomic E-state index is 0.0371. The van der Waals surface area contributed by atoms with E-state index >= 15 is 0 Å². The molecule has 2 heterocycles. The predicted molar refractivity (Wildman–Crippen MR) is 153 cm³/mol. The number of hydrogen-bond acceptors (Lipinski definition) is 6. The number of aromatic carboxylic acids is 1. The van der Waals surface area contributed by atoms with Crippen LogP contribution in [-0.2, 0) is 6.54 Å². The molecule has 41 heavy (non-hydrogen) atoms. The fourth-order valence-electron chi connectivity index (χ4n) is 5.58. The molecule has 9 heteroatoms. The largest absolute Gasteiger partial charge is 0.478 e. The highest BCUT2D eigenvalue weighted by Gasteiger charge is 2.27. The van der Waals surface area contributed by atoms with Crippen molar-refractivity contribution >= 4 is 23.0 Å². The monoisotopic (exact) mass is 548 g/mol. The number of hydrogen-bond donors (Lipinski definition) is 2. The maximum absolute atomic E-state index is 13.2. The number of ether oxygens (including phenoxy) is 1. The Bertz CT molecular complexity index is 1790. The molecule has 0 saturated heterocycles. The number of fused-ring (bicyclic) bond motifs is 1. The lowest BCUT2D eigenvalue weighted by molar-refractivity contribution is 0.0694. The molecular formula is C32H28N4O5. The summed E-state index contributed by atoms with van der Waals surface area (Å²) in [4.78, 5) is 42.6. The highest BCUT2D eigenvalue weighted by atomic mass is 16.5. The van der Waals surface area contributed by atoms with E-state index in [1.165, 1.54) is 0 Å². The van der Waals surface area contributed by atoms with Gasteiger partial charge in [0.15, 0.2) is 5.52 Å². The molecule has 0 spiro atoms. The molecule has 0 unspecified atom stereocenters. The zero-order chi connectivity index (χ0) is 28.3. The number of carboxylic acids is 1. The van der Waals surface area contributed by atoms with E-state index < -0.39 is 17.5 Å². The number of aromatic nitrogens is 4. The minimum Gasteiger partial charge on any atom is -0.478 e. The van der Waals surface area contributed by atoms with Crippen molar-refractivity contribution in [3.05, 3.63) is 112 Å². The van der Waals surface area contributed by atoms with Gasteiger partial charge in [-0.1, -0.05) is 79.9 Å². The first kappa shape index (κ1) is 26.2. The molecule has 3 aromatic carbocycles. The van der Waals surface area contributed by atoms with E-state index in [1.807, 2.05) is 41.0 Å². The molecule has 5 aromatic rings. The Labute approximate surface area is 235 Å². The van der Waals surface area contributed by atoms with E-state index in [9.17, 15) is 19.5 Å². The van der Waals surface area contributed by atoms with Gasteiger partial charge in [0.2, 0.25) is 0 Å². The van der Waals surface area contributed by atoms with Crippen molar-refractivity contribution in [3.8, 4) is 17.0 Å². The summed E-state index contributed by atoms with van der Waals surface area (Å²) >= 11 is 0. The third-order valence-electron chi connectivity index (χ3n) is 7.61. The van der Waals surface area contributed by atoms with E-state index in [0.717, 1.165) is 49.1 Å². The third-order valence-corrected chi connectivity index (χ3v) is 7.61. The molecule has 2 aromatic heterocycles. The first-order chi connectivity index (χ1) is 20.0. The summed E-state index contributed by atoms with van der Waals surface area (Å²) < 4.78 is 7.53. The summed E-state index contributed by atoms with van der Waals surface area (Å²) in [6.45, 7) is 0.363. The average molecular weight is 549 g/mol. The summed E-state index contributed by atoms with van der Waals surface area (Å²) in [5, 5.41) is 16.1. The first-order valence-electron chi connectivity index (χ1n) is 13.7. The van der Waals surface area contributed by atoms with Gasteiger partial charge >= 0.3 is 11.9 Å². The average Bonchev–Trinajstić information content (AvgIpc) is 3.40. The number of aromatic amines is 1. The Morgan fingerprint density at radius 1 is 0.927 bits per heavy atom. The van der Waals surface area contributed by atoms with Gasteiger partial charge in [0.05, 0.1) is 11.1 Å². The van der Waals surface area contributed by atoms with Crippen molar-refractivity contribution in [1.82, 2.24) is 19.7 Å². The zero-order valence-corrected chi connectivity index (χ0v) is 22.2. The van der Waals surface area contributed by atoms with Crippen LogP contribution in [-0.4, -0.2) is 36.8 Å². The van der Waals surface area contributed by atoms with Gasteiger partial charge in [0.1, 0.15) is 11.3 Å². The van der Waals surface area contributed by atoms with Crippen LogP contribution in [0.25, 0.3) is 22.2 Å². The Kier molecular flexibility index (Phi) is 7.16. The Hall–Kier alpha value is -5.05. The number of H-pyrrole nitrogens is 1. The molecule has 2 N–H and O–H groups in total. The molecule has 9 nitrogen and oxygen atoms in total. The van der Waals surface area contributed by atoms with Crippen molar-refractivity contribution in [2.75, 3.05) is 0 Å². The Morgan fingerprint density at radius 3 is 2.37 bits per heavy atom. The van der Waals surface area contributed by atoms with Gasteiger partial charge in [-0.2, -0.15) is 0 Å². The van der Waals surface area contributed by atoms with E-state index in [-0.39, 0.29) is 22.9 Å². The van der Waals surface area contributed by atoms with Gasteiger partial charge in [-0.3, -0.25) is 4.79 Å². The summed E-state index contributed by atoms with van der Waals surface area (Å²) in [5.74, 6) is -0.670. The number of carbonyl (C=O) groups is 2. The molecular weight excluding hydrogens is 520 g/mol. The fourth-order valence-corrected chi connectivity index (χ4v) is 5.58. The Morgan fingerprint density at radius 2 is 1.63 bits per heavy atom. The van der Waals surface area contributed by atoms with E-state index in [1.54, 1.807) is 42.5 Å². The van der Waals surface area contributed by atoms with Crippen LogP contribution < -0.4 is 10.3 Å².